The van der Waals surface area contributed by atoms with Gasteiger partial charge in [-0.05, 0) is 40.6 Å². The van der Waals surface area contributed by atoms with Crippen LogP contribution in [-0.2, 0) is 16.2 Å². The van der Waals surface area contributed by atoms with Gasteiger partial charge >= 0.3 is 6.18 Å². The summed E-state index contributed by atoms with van der Waals surface area (Å²) in [5, 5.41) is 37.1. The maximum Gasteiger partial charge on any atom is 0.416 e. The molecule has 0 amide bonds. The van der Waals surface area contributed by atoms with Crippen molar-refractivity contribution in [2.24, 2.45) is 0 Å². The van der Waals surface area contributed by atoms with Crippen LogP contribution in [-0.4, -0.2) is 64.7 Å². The first kappa shape index (κ1) is 22.9. The van der Waals surface area contributed by atoms with Crippen molar-refractivity contribution < 1.29 is 41.2 Å². The fourth-order valence-corrected chi connectivity index (χ4v) is 5.09. The third-order valence-corrected chi connectivity index (χ3v) is 7.11. The molecule has 0 bridgehead atoms. The average molecular weight is 484 g/mol. The number of hydrogen-bond acceptors (Lipinski definition) is 9. The summed E-state index contributed by atoms with van der Waals surface area (Å²) in [5.41, 5.74) is -3.13. The van der Waals surface area contributed by atoms with Gasteiger partial charge in [-0.2, -0.15) is 22.7 Å². The van der Waals surface area contributed by atoms with Crippen LogP contribution in [0.15, 0.2) is 45.9 Å². The zero-order chi connectivity index (χ0) is 24.0. The largest absolute Gasteiger partial charge is 0.486 e. The summed E-state index contributed by atoms with van der Waals surface area (Å²) >= 11 is 0. The Morgan fingerprint density at radius 1 is 1.24 bits per heavy atom. The molecule has 1 aromatic heterocycles. The summed E-state index contributed by atoms with van der Waals surface area (Å²) in [6, 6.07) is 7.58. The third kappa shape index (κ3) is 4.11. The molecule has 0 radical (unpaired) electrons. The second kappa shape index (κ2) is 7.96. The van der Waals surface area contributed by atoms with Gasteiger partial charge in [0.25, 0.3) is 0 Å². The number of halogens is 3. The first-order valence-electron chi connectivity index (χ1n) is 9.32. The number of aromatic nitrogens is 2. The maximum atomic E-state index is 13.1. The lowest BCUT2D eigenvalue weighted by molar-refractivity contribution is -0.137. The fraction of sp³-hybridized carbons (Fsp3) is 0.316. The van der Waals surface area contributed by atoms with E-state index in [1.165, 1.54) is 24.3 Å². The number of aliphatic hydroxyl groups excluding tert-OH is 1. The summed E-state index contributed by atoms with van der Waals surface area (Å²) in [6.45, 7) is -1.92. The lowest BCUT2D eigenvalue weighted by Crippen LogP contribution is -2.48. The van der Waals surface area contributed by atoms with Crippen molar-refractivity contribution in [1.29, 1.82) is 5.26 Å². The van der Waals surface area contributed by atoms with Crippen LogP contribution in [0.2, 0.25) is 0 Å². The molecular weight excluding hydrogens is 469 g/mol. The van der Waals surface area contributed by atoms with Crippen molar-refractivity contribution in [3.8, 4) is 11.8 Å². The predicted molar refractivity (Wildman–Crippen MR) is 103 cm³/mol. The van der Waals surface area contributed by atoms with Gasteiger partial charge < -0.3 is 14.9 Å². The van der Waals surface area contributed by atoms with Crippen LogP contribution >= 0.6 is 0 Å². The number of nitriles is 1. The molecule has 1 aliphatic rings. The first-order chi connectivity index (χ1) is 15.5. The Bertz CT molecular complexity index is 1350. The number of aliphatic hydroxyl groups is 2. The van der Waals surface area contributed by atoms with Gasteiger partial charge in [0.05, 0.1) is 29.2 Å². The number of alkyl halides is 3. The minimum absolute atomic E-state index is 0.182. The smallest absolute Gasteiger partial charge is 0.416 e. The van der Waals surface area contributed by atoms with Crippen molar-refractivity contribution in [2.45, 2.75) is 22.8 Å². The van der Waals surface area contributed by atoms with Crippen molar-refractivity contribution >= 4 is 21.1 Å². The zero-order valence-electron chi connectivity index (χ0n) is 16.5. The number of rotatable bonds is 5. The van der Waals surface area contributed by atoms with Crippen molar-refractivity contribution in [3.63, 3.8) is 0 Å². The number of fused-ring (bicyclic) bond motifs is 1. The number of hydrogen-bond donors (Lipinski definition) is 2. The molecule has 10 nitrogen and oxygen atoms in total. The van der Waals surface area contributed by atoms with Crippen LogP contribution in [0.3, 0.4) is 0 Å². The lowest BCUT2D eigenvalue weighted by Gasteiger charge is -2.27. The molecule has 33 heavy (non-hydrogen) atoms. The Labute approximate surface area is 184 Å². The molecule has 0 saturated carbocycles. The highest BCUT2D eigenvalue weighted by molar-refractivity contribution is 7.89. The normalized spacial score (nSPS) is 21.9. The van der Waals surface area contributed by atoms with Crippen LogP contribution in [0, 0.1) is 11.3 Å². The van der Waals surface area contributed by atoms with Gasteiger partial charge in [0.1, 0.15) is 34.6 Å². The molecule has 0 spiro atoms. The Hall–Kier alpha value is -3.25. The standard InChI is InChI=1S/C19H15F3N4O6S/c20-19(21,22)12-1-4-16(11(5-12)7-23)33(29,30)26-8-17(18(28,9-26)10-27)31-13-2-3-14-15(6-13)25-32-24-14/h1-6,17,27-28H,8-10H2/t17-,18+/m0/s1. The molecule has 2 aromatic carbocycles. The average Bonchev–Trinajstić information content (AvgIpc) is 3.37. The fourth-order valence-electron chi connectivity index (χ4n) is 3.47. The van der Waals surface area contributed by atoms with E-state index >= 15 is 0 Å². The topological polar surface area (TPSA) is 150 Å². The van der Waals surface area contributed by atoms with E-state index in [-0.39, 0.29) is 5.75 Å². The molecule has 4 rings (SSSR count). The molecular formula is C19H15F3N4O6S. The van der Waals surface area contributed by atoms with E-state index in [1.807, 2.05) is 0 Å². The second-order valence-electron chi connectivity index (χ2n) is 7.40. The van der Waals surface area contributed by atoms with Gasteiger partial charge in [0.15, 0.2) is 0 Å². The number of nitrogens with zero attached hydrogens (tertiary/aromatic N) is 4. The third-order valence-electron chi connectivity index (χ3n) is 5.24. The second-order valence-corrected chi connectivity index (χ2v) is 9.31. The van der Waals surface area contributed by atoms with E-state index < -0.39 is 63.6 Å². The molecule has 174 valence electrons. The van der Waals surface area contributed by atoms with Crippen LogP contribution in [0.25, 0.3) is 11.0 Å². The number of β-amino-alcohol motifs (C(OH)–C–C–N with tert-alkyl or cyclic N) is 1. The van der Waals surface area contributed by atoms with E-state index in [4.69, 9.17) is 4.74 Å². The summed E-state index contributed by atoms with van der Waals surface area (Å²) in [5.74, 6) is 0.182. The predicted octanol–water partition coefficient (Wildman–Crippen LogP) is 1.29. The van der Waals surface area contributed by atoms with Gasteiger partial charge in [-0.1, -0.05) is 0 Å². The lowest BCUT2D eigenvalue weighted by atomic mass is 10.0. The Kier molecular flexibility index (Phi) is 5.53. The van der Waals surface area contributed by atoms with Gasteiger partial charge in [0.2, 0.25) is 10.0 Å². The molecule has 2 heterocycles. The van der Waals surface area contributed by atoms with Crippen LogP contribution < -0.4 is 4.74 Å². The zero-order valence-corrected chi connectivity index (χ0v) is 17.3. The molecule has 0 aliphatic carbocycles. The Balaban J connectivity index is 1.64. The van der Waals surface area contributed by atoms with E-state index in [0.29, 0.717) is 29.2 Å². The van der Waals surface area contributed by atoms with Gasteiger partial charge in [-0.3, -0.25) is 0 Å². The van der Waals surface area contributed by atoms with E-state index in [2.05, 4.69) is 14.9 Å². The summed E-state index contributed by atoms with van der Waals surface area (Å²) in [4.78, 5) is -0.658. The molecule has 14 heteroatoms. The Morgan fingerprint density at radius 3 is 2.64 bits per heavy atom. The molecule has 3 aromatic rings. The van der Waals surface area contributed by atoms with Crippen molar-refractivity contribution in [2.75, 3.05) is 19.7 Å². The Morgan fingerprint density at radius 2 is 1.97 bits per heavy atom. The molecule has 1 saturated heterocycles. The van der Waals surface area contributed by atoms with E-state index in [9.17, 15) is 37.1 Å². The van der Waals surface area contributed by atoms with E-state index in [0.717, 1.165) is 4.31 Å². The van der Waals surface area contributed by atoms with Crippen LogP contribution in [0.1, 0.15) is 11.1 Å². The van der Waals surface area contributed by atoms with Crippen LogP contribution in [0.4, 0.5) is 13.2 Å². The maximum absolute atomic E-state index is 13.1. The number of benzene rings is 2. The van der Waals surface area contributed by atoms with E-state index in [1.54, 1.807) is 0 Å². The number of sulfonamides is 1. The number of ether oxygens (including phenoxy) is 1. The molecule has 1 fully saturated rings. The molecule has 1 aliphatic heterocycles. The summed E-state index contributed by atoms with van der Waals surface area (Å²) < 4.78 is 76.2. The SMILES string of the molecule is N#Cc1cc(C(F)(F)F)ccc1S(=O)(=O)N1C[C@H](Oc2ccc3nonc3c2)[C@](O)(CO)C1. The summed E-state index contributed by atoms with van der Waals surface area (Å²) in [7, 11) is -4.52. The quantitative estimate of drug-likeness (QED) is 0.546. The highest BCUT2D eigenvalue weighted by Crippen LogP contribution is 2.35. The molecule has 0 unspecified atom stereocenters. The van der Waals surface area contributed by atoms with Crippen molar-refractivity contribution in [1.82, 2.24) is 14.6 Å². The highest BCUT2D eigenvalue weighted by atomic mass is 32.2. The van der Waals surface area contributed by atoms with Gasteiger partial charge in [0, 0.05) is 12.6 Å². The minimum Gasteiger partial charge on any atom is -0.486 e. The highest BCUT2D eigenvalue weighted by Gasteiger charge is 2.51. The molecule has 2 N–H and O–H groups in total. The van der Waals surface area contributed by atoms with Crippen molar-refractivity contribution in [3.05, 3.63) is 47.5 Å². The van der Waals surface area contributed by atoms with Gasteiger partial charge in [-0.25, -0.2) is 13.0 Å². The van der Waals surface area contributed by atoms with Gasteiger partial charge in [-0.15, -0.1) is 0 Å². The monoisotopic (exact) mass is 484 g/mol. The minimum atomic E-state index is -4.77. The first-order valence-corrected chi connectivity index (χ1v) is 10.8. The van der Waals surface area contributed by atoms with Crippen LogP contribution in [0.5, 0.6) is 5.75 Å². The summed E-state index contributed by atoms with van der Waals surface area (Å²) in [6.07, 6.45) is -6.01. The molecule has 2 atom stereocenters.